The molecule has 6 nitrogen and oxygen atoms in total. The first-order valence-corrected chi connectivity index (χ1v) is 4.81. The molecule has 0 aliphatic rings. The van der Waals surface area contributed by atoms with Crippen molar-refractivity contribution in [1.82, 2.24) is 9.55 Å². The quantitative estimate of drug-likeness (QED) is 0.692. The normalized spacial score (nSPS) is 10.0. The van der Waals surface area contributed by atoms with E-state index in [9.17, 15) is 9.59 Å². The SMILES string of the molecule is CCOC(=O)c1nc(C)n(C)c(=O)c1OC. The zero-order valence-electron chi connectivity index (χ0n) is 9.73. The zero-order chi connectivity index (χ0) is 12.3. The maximum atomic E-state index is 11.7. The number of aromatic nitrogens is 2. The summed E-state index contributed by atoms with van der Waals surface area (Å²) in [6.07, 6.45) is 0. The lowest BCUT2D eigenvalue weighted by Gasteiger charge is -2.09. The molecule has 0 fully saturated rings. The molecule has 0 atom stereocenters. The molecule has 0 aliphatic heterocycles. The molecule has 0 N–H and O–H groups in total. The maximum Gasteiger partial charge on any atom is 0.361 e. The molecule has 0 saturated carbocycles. The van der Waals surface area contributed by atoms with Crippen molar-refractivity contribution >= 4 is 5.97 Å². The van der Waals surface area contributed by atoms with E-state index in [1.807, 2.05) is 0 Å². The lowest BCUT2D eigenvalue weighted by Crippen LogP contribution is -2.26. The first-order chi connectivity index (χ1) is 7.52. The Bertz CT molecular complexity index is 465. The Kier molecular flexibility index (Phi) is 3.65. The van der Waals surface area contributed by atoms with Gasteiger partial charge >= 0.3 is 5.97 Å². The van der Waals surface area contributed by atoms with Crippen molar-refractivity contribution in [2.24, 2.45) is 7.05 Å². The van der Waals surface area contributed by atoms with Gasteiger partial charge in [0.15, 0.2) is 5.69 Å². The summed E-state index contributed by atoms with van der Waals surface area (Å²) in [7, 11) is 2.87. The van der Waals surface area contributed by atoms with Crippen LogP contribution in [-0.4, -0.2) is 29.2 Å². The van der Waals surface area contributed by atoms with Gasteiger partial charge in [0, 0.05) is 7.05 Å². The smallest absolute Gasteiger partial charge is 0.361 e. The van der Waals surface area contributed by atoms with Crippen LogP contribution in [0.3, 0.4) is 0 Å². The van der Waals surface area contributed by atoms with Crippen LogP contribution in [0.15, 0.2) is 4.79 Å². The molecule has 0 spiro atoms. The van der Waals surface area contributed by atoms with Gasteiger partial charge in [-0.3, -0.25) is 9.36 Å². The summed E-state index contributed by atoms with van der Waals surface area (Å²) in [4.78, 5) is 27.3. The van der Waals surface area contributed by atoms with E-state index in [4.69, 9.17) is 9.47 Å². The Morgan fingerprint density at radius 1 is 1.50 bits per heavy atom. The number of methoxy groups -OCH3 is 1. The van der Waals surface area contributed by atoms with Gasteiger partial charge in [-0.1, -0.05) is 0 Å². The number of hydrogen-bond donors (Lipinski definition) is 0. The molecule has 0 aromatic carbocycles. The number of esters is 1. The lowest BCUT2D eigenvalue weighted by molar-refractivity contribution is 0.0514. The van der Waals surface area contributed by atoms with Crippen LogP contribution < -0.4 is 10.3 Å². The third-order valence-electron chi connectivity index (χ3n) is 2.15. The molecule has 1 aromatic rings. The fourth-order valence-electron chi connectivity index (χ4n) is 1.21. The summed E-state index contributed by atoms with van der Waals surface area (Å²) in [6.45, 7) is 3.53. The highest BCUT2D eigenvalue weighted by atomic mass is 16.5. The lowest BCUT2D eigenvalue weighted by atomic mass is 10.3. The van der Waals surface area contributed by atoms with Crippen molar-refractivity contribution in [3.63, 3.8) is 0 Å². The Balaban J connectivity index is 3.39. The van der Waals surface area contributed by atoms with Crippen molar-refractivity contribution in [1.29, 1.82) is 0 Å². The predicted octanol–water partition coefficient (Wildman–Crippen LogP) is 0.274. The molecule has 1 aromatic heterocycles. The van der Waals surface area contributed by atoms with Crippen molar-refractivity contribution in [2.75, 3.05) is 13.7 Å². The molecule has 0 bridgehead atoms. The summed E-state index contributed by atoms with van der Waals surface area (Å²) < 4.78 is 11.0. The largest absolute Gasteiger partial charge is 0.489 e. The summed E-state index contributed by atoms with van der Waals surface area (Å²) >= 11 is 0. The van der Waals surface area contributed by atoms with Gasteiger partial charge in [-0.2, -0.15) is 0 Å². The third kappa shape index (κ3) is 2.05. The minimum atomic E-state index is -0.653. The van der Waals surface area contributed by atoms with Crippen molar-refractivity contribution in [3.8, 4) is 5.75 Å². The van der Waals surface area contributed by atoms with E-state index in [2.05, 4.69) is 4.98 Å². The van der Waals surface area contributed by atoms with Gasteiger partial charge in [0.05, 0.1) is 13.7 Å². The number of carbonyl (C=O) groups is 1. The van der Waals surface area contributed by atoms with Crippen molar-refractivity contribution < 1.29 is 14.3 Å². The van der Waals surface area contributed by atoms with Crippen LogP contribution in [0.1, 0.15) is 23.2 Å². The number of hydrogen-bond acceptors (Lipinski definition) is 5. The first kappa shape index (κ1) is 12.2. The molecule has 0 unspecified atom stereocenters. The minimum Gasteiger partial charge on any atom is -0.489 e. The molecule has 88 valence electrons. The molecule has 1 rings (SSSR count). The average Bonchev–Trinajstić information content (AvgIpc) is 2.26. The second kappa shape index (κ2) is 4.78. The molecule has 0 amide bonds. The predicted molar refractivity (Wildman–Crippen MR) is 56.7 cm³/mol. The Labute approximate surface area is 92.8 Å². The van der Waals surface area contributed by atoms with E-state index >= 15 is 0 Å². The van der Waals surface area contributed by atoms with Gasteiger partial charge in [-0.15, -0.1) is 0 Å². The van der Waals surface area contributed by atoms with Gasteiger partial charge in [0.25, 0.3) is 5.56 Å². The van der Waals surface area contributed by atoms with Crippen molar-refractivity contribution in [3.05, 3.63) is 21.9 Å². The summed E-state index contributed by atoms with van der Waals surface area (Å²) in [5.74, 6) is -0.319. The molecule has 1 heterocycles. The summed E-state index contributed by atoms with van der Waals surface area (Å²) in [5.41, 5.74) is -0.483. The van der Waals surface area contributed by atoms with Crippen LogP contribution in [0.5, 0.6) is 5.75 Å². The number of rotatable bonds is 3. The monoisotopic (exact) mass is 226 g/mol. The topological polar surface area (TPSA) is 70.4 Å². The fraction of sp³-hybridized carbons (Fsp3) is 0.500. The van der Waals surface area contributed by atoms with E-state index in [1.165, 1.54) is 11.7 Å². The molecule has 6 heteroatoms. The Morgan fingerprint density at radius 3 is 2.62 bits per heavy atom. The minimum absolute atomic E-state index is 0.0787. The van der Waals surface area contributed by atoms with Gasteiger partial charge in [-0.05, 0) is 13.8 Å². The number of carbonyl (C=O) groups excluding carboxylic acids is 1. The number of ether oxygens (including phenoxy) is 2. The highest BCUT2D eigenvalue weighted by Gasteiger charge is 2.20. The second-order valence-corrected chi connectivity index (χ2v) is 3.13. The van der Waals surface area contributed by atoms with Gasteiger partial charge < -0.3 is 9.47 Å². The number of aryl methyl sites for hydroxylation is 1. The summed E-state index contributed by atoms with van der Waals surface area (Å²) in [5, 5.41) is 0. The van der Waals surface area contributed by atoms with E-state index < -0.39 is 11.5 Å². The zero-order valence-corrected chi connectivity index (χ0v) is 9.73. The molecular weight excluding hydrogens is 212 g/mol. The Morgan fingerprint density at radius 2 is 2.12 bits per heavy atom. The van der Waals surface area contributed by atoms with E-state index in [-0.39, 0.29) is 18.1 Å². The molecule has 0 aliphatic carbocycles. The summed E-state index contributed by atoms with van der Waals surface area (Å²) in [6, 6.07) is 0. The van der Waals surface area contributed by atoms with Crippen LogP contribution in [0.4, 0.5) is 0 Å². The third-order valence-corrected chi connectivity index (χ3v) is 2.15. The van der Waals surface area contributed by atoms with E-state index in [1.54, 1.807) is 20.9 Å². The van der Waals surface area contributed by atoms with E-state index in [0.29, 0.717) is 5.82 Å². The standard InChI is InChI=1S/C10H14N2O4/c1-5-16-10(14)7-8(15-4)9(13)12(3)6(2)11-7/h5H2,1-4H3. The van der Waals surface area contributed by atoms with Crippen LogP contribution in [0, 0.1) is 6.92 Å². The molecule has 0 saturated heterocycles. The van der Waals surface area contributed by atoms with E-state index in [0.717, 1.165) is 0 Å². The second-order valence-electron chi connectivity index (χ2n) is 3.13. The van der Waals surface area contributed by atoms with Crippen LogP contribution in [0.2, 0.25) is 0 Å². The molecular formula is C10H14N2O4. The highest BCUT2D eigenvalue weighted by Crippen LogP contribution is 2.11. The average molecular weight is 226 g/mol. The van der Waals surface area contributed by atoms with Crippen LogP contribution >= 0.6 is 0 Å². The first-order valence-electron chi connectivity index (χ1n) is 4.81. The van der Waals surface area contributed by atoms with Crippen LogP contribution in [0.25, 0.3) is 0 Å². The fourth-order valence-corrected chi connectivity index (χ4v) is 1.21. The van der Waals surface area contributed by atoms with Gasteiger partial charge in [0.1, 0.15) is 5.82 Å². The molecule has 16 heavy (non-hydrogen) atoms. The molecule has 0 radical (unpaired) electrons. The van der Waals surface area contributed by atoms with Gasteiger partial charge in [0.2, 0.25) is 5.75 Å². The van der Waals surface area contributed by atoms with Gasteiger partial charge in [-0.25, -0.2) is 9.78 Å². The maximum absolute atomic E-state index is 11.7. The van der Waals surface area contributed by atoms with Crippen LogP contribution in [-0.2, 0) is 11.8 Å². The highest BCUT2D eigenvalue weighted by molar-refractivity contribution is 5.90. The Hall–Kier alpha value is -1.85. The van der Waals surface area contributed by atoms with Crippen molar-refractivity contribution in [2.45, 2.75) is 13.8 Å². The number of nitrogens with zero attached hydrogens (tertiary/aromatic N) is 2.